The smallest absolute Gasteiger partial charge is 0.302 e. The fourth-order valence-corrected chi connectivity index (χ4v) is 11.3. The molecule has 3 N–H and O–H groups in total. The molecule has 4 saturated carbocycles. The number of rotatable bonds is 3. The Morgan fingerprint density at radius 2 is 1.55 bits per heavy atom. The zero-order valence-corrected chi connectivity index (χ0v) is 25.4. The van der Waals surface area contributed by atoms with Gasteiger partial charge in [-0.25, -0.2) is 0 Å². The molecular formula is C32H54O6. The predicted octanol–water partition coefficient (Wildman–Crippen LogP) is 5.40. The van der Waals surface area contributed by atoms with E-state index in [0.717, 1.165) is 38.5 Å². The van der Waals surface area contributed by atoms with Gasteiger partial charge in [-0.1, -0.05) is 34.6 Å². The van der Waals surface area contributed by atoms with Crippen molar-refractivity contribution < 1.29 is 29.6 Å². The Morgan fingerprint density at radius 1 is 0.895 bits per heavy atom. The minimum absolute atomic E-state index is 0.0303. The first-order chi connectivity index (χ1) is 17.3. The molecule has 5 aliphatic rings. The number of hydrogen-bond donors (Lipinski definition) is 3. The molecule has 1 saturated heterocycles. The average molecular weight is 535 g/mol. The van der Waals surface area contributed by atoms with Crippen molar-refractivity contribution in [1.29, 1.82) is 0 Å². The van der Waals surface area contributed by atoms with Crippen molar-refractivity contribution in [3.8, 4) is 0 Å². The molecule has 0 unspecified atom stereocenters. The number of hydrogen-bond acceptors (Lipinski definition) is 6. The molecule has 0 aromatic carbocycles. The largest absolute Gasteiger partial charge is 0.462 e. The third-order valence-electron chi connectivity index (χ3n) is 13.7. The van der Waals surface area contributed by atoms with Gasteiger partial charge in [-0.3, -0.25) is 4.79 Å². The summed E-state index contributed by atoms with van der Waals surface area (Å²) in [4.78, 5) is 12.5. The van der Waals surface area contributed by atoms with Crippen molar-refractivity contribution in [3.63, 3.8) is 0 Å². The van der Waals surface area contributed by atoms with E-state index >= 15 is 0 Å². The maximum absolute atomic E-state index is 12.8. The topological polar surface area (TPSA) is 96.2 Å². The minimum Gasteiger partial charge on any atom is -0.462 e. The van der Waals surface area contributed by atoms with Gasteiger partial charge in [-0.2, -0.15) is 0 Å². The first-order valence-corrected chi connectivity index (χ1v) is 15.2. The highest BCUT2D eigenvalue weighted by atomic mass is 16.6. The SMILES string of the molecule is CC(=O)O[C@@H]1C[C@@H]2[C@@]3(C)CC[C@@H](O)C(C)(C)[C@@H]3CC[C@@]2(C)[C@]2(C)CC[C@](O)([C@]3(C)CC[C@H](C(C)(C)O)O3)[C@@H]12. The van der Waals surface area contributed by atoms with Gasteiger partial charge in [0.2, 0.25) is 0 Å². The van der Waals surface area contributed by atoms with E-state index in [1.165, 1.54) is 6.92 Å². The summed E-state index contributed by atoms with van der Waals surface area (Å²) in [6.07, 6.45) is 6.45. The normalized spacial score (nSPS) is 54.1. The van der Waals surface area contributed by atoms with Crippen molar-refractivity contribution >= 4 is 5.97 Å². The summed E-state index contributed by atoms with van der Waals surface area (Å²) >= 11 is 0. The molecule has 1 aliphatic heterocycles. The van der Waals surface area contributed by atoms with E-state index in [1.807, 2.05) is 6.92 Å². The van der Waals surface area contributed by atoms with E-state index < -0.39 is 22.9 Å². The van der Waals surface area contributed by atoms with Crippen LogP contribution in [0.2, 0.25) is 0 Å². The van der Waals surface area contributed by atoms with Gasteiger partial charge in [-0.05, 0) is 112 Å². The van der Waals surface area contributed by atoms with E-state index in [2.05, 4.69) is 34.6 Å². The third kappa shape index (κ3) is 3.61. The molecule has 0 spiro atoms. The Kier molecular flexibility index (Phi) is 6.39. The minimum atomic E-state index is -1.16. The Labute approximate surface area is 230 Å². The van der Waals surface area contributed by atoms with Crippen molar-refractivity contribution in [1.82, 2.24) is 0 Å². The molecule has 0 aromatic rings. The number of fused-ring (bicyclic) bond motifs is 5. The monoisotopic (exact) mass is 534 g/mol. The summed E-state index contributed by atoms with van der Waals surface area (Å²) in [5.74, 6) is 0.195. The molecule has 0 amide bonds. The number of ether oxygens (including phenoxy) is 2. The average Bonchev–Trinajstić information content (AvgIpc) is 3.34. The number of aliphatic hydroxyl groups is 3. The number of carbonyl (C=O) groups is 1. The maximum atomic E-state index is 12.8. The van der Waals surface area contributed by atoms with Crippen LogP contribution in [0.5, 0.6) is 0 Å². The van der Waals surface area contributed by atoms with Crippen molar-refractivity contribution in [2.24, 2.45) is 39.4 Å². The fourth-order valence-electron chi connectivity index (χ4n) is 11.3. The molecule has 5 fully saturated rings. The zero-order chi connectivity index (χ0) is 28.3. The predicted molar refractivity (Wildman–Crippen MR) is 146 cm³/mol. The third-order valence-corrected chi connectivity index (χ3v) is 13.7. The van der Waals surface area contributed by atoms with Crippen molar-refractivity contribution in [2.75, 3.05) is 0 Å². The fraction of sp³-hybridized carbons (Fsp3) is 0.969. The van der Waals surface area contributed by atoms with Gasteiger partial charge in [-0.15, -0.1) is 0 Å². The van der Waals surface area contributed by atoms with Gasteiger partial charge < -0.3 is 24.8 Å². The second-order valence-corrected chi connectivity index (χ2v) is 16.2. The molecule has 11 atom stereocenters. The van der Waals surface area contributed by atoms with Crippen LogP contribution in [-0.4, -0.2) is 56.4 Å². The zero-order valence-electron chi connectivity index (χ0n) is 25.4. The summed E-state index contributed by atoms with van der Waals surface area (Å²) < 4.78 is 12.8. The van der Waals surface area contributed by atoms with Crippen LogP contribution in [0.4, 0.5) is 0 Å². The van der Waals surface area contributed by atoms with Gasteiger partial charge >= 0.3 is 5.97 Å². The van der Waals surface area contributed by atoms with Gasteiger partial charge in [0.05, 0.1) is 23.4 Å². The summed E-state index contributed by atoms with van der Waals surface area (Å²) in [6, 6.07) is 0. The van der Waals surface area contributed by atoms with E-state index in [0.29, 0.717) is 31.1 Å². The van der Waals surface area contributed by atoms with E-state index in [-0.39, 0.29) is 45.8 Å². The van der Waals surface area contributed by atoms with Crippen LogP contribution in [-0.2, 0) is 14.3 Å². The van der Waals surface area contributed by atoms with E-state index in [1.54, 1.807) is 13.8 Å². The lowest BCUT2D eigenvalue weighted by Crippen LogP contribution is -2.70. The van der Waals surface area contributed by atoms with Crippen LogP contribution >= 0.6 is 0 Å². The molecule has 0 radical (unpaired) electrons. The second-order valence-electron chi connectivity index (χ2n) is 16.2. The molecular weight excluding hydrogens is 480 g/mol. The van der Waals surface area contributed by atoms with Gasteiger partial charge in [0.15, 0.2) is 0 Å². The van der Waals surface area contributed by atoms with Gasteiger partial charge in [0, 0.05) is 12.8 Å². The number of aliphatic hydroxyl groups excluding tert-OH is 1. The highest BCUT2D eigenvalue weighted by Crippen LogP contribution is 2.77. The Morgan fingerprint density at radius 3 is 2.13 bits per heavy atom. The van der Waals surface area contributed by atoms with Crippen LogP contribution < -0.4 is 0 Å². The van der Waals surface area contributed by atoms with Crippen LogP contribution in [0, 0.1) is 39.4 Å². The van der Waals surface area contributed by atoms with E-state index in [9.17, 15) is 20.1 Å². The van der Waals surface area contributed by atoms with Gasteiger partial charge in [0.25, 0.3) is 0 Å². The molecule has 6 nitrogen and oxygen atoms in total. The summed E-state index contributed by atoms with van der Waals surface area (Å²) in [7, 11) is 0. The van der Waals surface area contributed by atoms with Crippen LogP contribution in [0.25, 0.3) is 0 Å². The van der Waals surface area contributed by atoms with E-state index in [4.69, 9.17) is 9.47 Å². The Balaban J connectivity index is 1.58. The number of esters is 1. The van der Waals surface area contributed by atoms with Crippen molar-refractivity contribution in [3.05, 3.63) is 0 Å². The molecule has 4 aliphatic carbocycles. The van der Waals surface area contributed by atoms with Gasteiger partial charge in [0.1, 0.15) is 11.7 Å². The van der Waals surface area contributed by atoms with Crippen molar-refractivity contribution in [2.45, 2.75) is 155 Å². The second kappa shape index (κ2) is 8.42. The summed E-state index contributed by atoms with van der Waals surface area (Å²) in [5.41, 5.74) is -3.36. The molecule has 218 valence electrons. The number of carbonyl (C=O) groups excluding carboxylic acids is 1. The Bertz CT molecular complexity index is 971. The maximum Gasteiger partial charge on any atom is 0.302 e. The first kappa shape index (κ1) is 28.8. The highest BCUT2D eigenvalue weighted by Gasteiger charge is 2.76. The molecule has 1 heterocycles. The first-order valence-electron chi connectivity index (χ1n) is 15.2. The lowest BCUT2D eigenvalue weighted by atomic mass is 9.35. The lowest BCUT2D eigenvalue weighted by Gasteiger charge is -2.71. The molecule has 5 rings (SSSR count). The molecule has 38 heavy (non-hydrogen) atoms. The molecule has 0 aromatic heterocycles. The van der Waals surface area contributed by atoms with Crippen LogP contribution in [0.1, 0.15) is 120 Å². The summed E-state index contributed by atoms with van der Waals surface area (Å²) in [6.45, 7) is 18.8. The Hall–Kier alpha value is -0.690. The van der Waals surface area contributed by atoms with Crippen LogP contribution in [0.3, 0.4) is 0 Å². The molecule has 0 bridgehead atoms. The highest BCUT2D eigenvalue weighted by molar-refractivity contribution is 5.66. The summed E-state index contributed by atoms with van der Waals surface area (Å²) in [5, 5.41) is 34.5. The quantitative estimate of drug-likeness (QED) is 0.420. The lowest BCUT2D eigenvalue weighted by molar-refractivity contribution is -0.279. The standard InChI is InChI=1S/C32H54O6/c1-19(33)37-20-18-22-28(6)13-11-23(34)26(2,3)21(28)10-14-29(22,7)30(8)16-17-32(36,25(20)30)31(9)15-12-24(38-31)27(4,5)35/h20-25,34-36H,10-18H2,1-9H3/t20-,21+,22-,23-,24-,25+,28+,29-,30-,31+,32-/m1/s1. The molecule has 6 heteroatoms. The van der Waals surface area contributed by atoms with Crippen LogP contribution in [0.15, 0.2) is 0 Å².